The van der Waals surface area contributed by atoms with Crippen LogP contribution in [0.2, 0.25) is 0 Å². The van der Waals surface area contributed by atoms with E-state index in [4.69, 9.17) is 4.74 Å². The maximum atomic E-state index is 12.0. The molecule has 0 radical (unpaired) electrons. The number of hydrogen-bond acceptors (Lipinski definition) is 5. The number of aromatic amines is 1. The van der Waals surface area contributed by atoms with Gasteiger partial charge >= 0.3 is 0 Å². The van der Waals surface area contributed by atoms with Crippen LogP contribution in [-0.2, 0) is 11.3 Å². The summed E-state index contributed by atoms with van der Waals surface area (Å²) in [6.45, 7) is 0.750. The Morgan fingerprint density at radius 2 is 2.37 bits per heavy atom. The SMILES string of the molecule is O=C(NCc1ncn[nH]1)C1CNc2ccccc2O1. The molecule has 19 heavy (non-hydrogen) atoms. The summed E-state index contributed by atoms with van der Waals surface area (Å²) in [6, 6.07) is 7.53. The van der Waals surface area contributed by atoms with E-state index < -0.39 is 6.10 Å². The van der Waals surface area contributed by atoms with Crippen LogP contribution in [0.3, 0.4) is 0 Å². The van der Waals surface area contributed by atoms with E-state index in [9.17, 15) is 4.79 Å². The fourth-order valence-corrected chi connectivity index (χ4v) is 1.86. The lowest BCUT2D eigenvalue weighted by Crippen LogP contribution is -2.44. The van der Waals surface area contributed by atoms with Crippen molar-refractivity contribution in [2.45, 2.75) is 12.6 Å². The number of anilines is 1. The molecule has 2 heterocycles. The highest BCUT2D eigenvalue weighted by molar-refractivity contribution is 5.82. The van der Waals surface area contributed by atoms with Crippen LogP contribution in [0, 0.1) is 0 Å². The number of nitrogens with zero attached hydrogens (tertiary/aromatic N) is 2. The number of nitrogens with one attached hydrogen (secondary N) is 3. The molecule has 1 amide bonds. The van der Waals surface area contributed by atoms with Crippen LogP contribution in [0.15, 0.2) is 30.6 Å². The van der Waals surface area contributed by atoms with E-state index >= 15 is 0 Å². The zero-order valence-electron chi connectivity index (χ0n) is 10.1. The number of benzene rings is 1. The van der Waals surface area contributed by atoms with Gasteiger partial charge in [0.25, 0.3) is 5.91 Å². The quantitative estimate of drug-likeness (QED) is 0.737. The summed E-state index contributed by atoms with van der Waals surface area (Å²) in [4.78, 5) is 15.9. The molecule has 2 aromatic rings. The van der Waals surface area contributed by atoms with E-state index in [1.165, 1.54) is 6.33 Å². The predicted octanol–water partition coefficient (Wildman–Crippen LogP) is 0.294. The van der Waals surface area contributed by atoms with Gasteiger partial charge in [-0.25, -0.2) is 4.98 Å². The molecule has 0 spiro atoms. The first-order valence-electron chi connectivity index (χ1n) is 5.94. The molecule has 1 aromatic carbocycles. The molecule has 7 heteroatoms. The average molecular weight is 259 g/mol. The van der Waals surface area contributed by atoms with Crippen molar-refractivity contribution in [1.82, 2.24) is 20.5 Å². The van der Waals surface area contributed by atoms with Gasteiger partial charge in [-0.05, 0) is 12.1 Å². The lowest BCUT2D eigenvalue weighted by atomic mass is 10.2. The summed E-state index contributed by atoms with van der Waals surface area (Å²) in [6.07, 6.45) is 0.856. The number of carbonyl (C=O) groups excluding carboxylic acids is 1. The van der Waals surface area contributed by atoms with Gasteiger partial charge in [-0.2, -0.15) is 5.10 Å². The molecule has 7 nitrogen and oxygen atoms in total. The standard InChI is InChI=1S/C12H13N5O2/c18-12(14-6-11-15-7-16-17-11)10-5-13-8-3-1-2-4-9(8)19-10/h1-4,7,10,13H,5-6H2,(H,14,18)(H,15,16,17). The Hall–Kier alpha value is -2.57. The average Bonchev–Trinajstić information content (AvgIpc) is 2.97. The molecule has 98 valence electrons. The third-order valence-electron chi connectivity index (χ3n) is 2.82. The smallest absolute Gasteiger partial charge is 0.263 e. The molecule has 1 aliphatic rings. The van der Waals surface area contributed by atoms with Gasteiger partial charge in [-0.1, -0.05) is 12.1 Å². The maximum Gasteiger partial charge on any atom is 0.263 e. The van der Waals surface area contributed by atoms with Crippen LogP contribution in [0.4, 0.5) is 5.69 Å². The van der Waals surface area contributed by atoms with Gasteiger partial charge in [-0.3, -0.25) is 9.89 Å². The third-order valence-corrected chi connectivity index (χ3v) is 2.82. The summed E-state index contributed by atoms with van der Waals surface area (Å²) >= 11 is 0. The first kappa shape index (κ1) is 11.5. The minimum absolute atomic E-state index is 0.182. The second kappa shape index (κ2) is 4.97. The number of para-hydroxylation sites is 2. The first-order chi connectivity index (χ1) is 9.33. The fourth-order valence-electron chi connectivity index (χ4n) is 1.86. The van der Waals surface area contributed by atoms with Gasteiger partial charge < -0.3 is 15.4 Å². The van der Waals surface area contributed by atoms with Crippen molar-refractivity contribution in [2.75, 3.05) is 11.9 Å². The van der Waals surface area contributed by atoms with Crippen molar-refractivity contribution in [3.63, 3.8) is 0 Å². The Labute approximate surface area is 109 Å². The van der Waals surface area contributed by atoms with Crippen molar-refractivity contribution < 1.29 is 9.53 Å². The van der Waals surface area contributed by atoms with Crippen LogP contribution in [0.25, 0.3) is 0 Å². The molecule has 1 aromatic heterocycles. The Bertz CT molecular complexity index is 569. The predicted molar refractivity (Wildman–Crippen MR) is 67.6 cm³/mol. The number of H-pyrrole nitrogens is 1. The van der Waals surface area contributed by atoms with E-state index in [-0.39, 0.29) is 5.91 Å². The van der Waals surface area contributed by atoms with E-state index in [2.05, 4.69) is 25.8 Å². The minimum atomic E-state index is -0.544. The highest BCUT2D eigenvalue weighted by atomic mass is 16.5. The monoisotopic (exact) mass is 259 g/mol. The second-order valence-corrected chi connectivity index (χ2v) is 4.13. The third kappa shape index (κ3) is 2.49. The van der Waals surface area contributed by atoms with Crippen LogP contribution in [0.1, 0.15) is 5.82 Å². The molecule has 1 atom stereocenters. The lowest BCUT2D eigenvalue weighted by molar-refractivity contribution is -0.127. The minimum Gasteiger partial charge on any atom is -0.477 e. The number of amides is 1. The van der Waals surface area contributed by atoms with Crippen molar-refractivity contribution in [3.05, 3.63) is 36.4 Å². The Kier molecular flexibility index (Phi) is 3.01. The molecule has 1 aliphatic heterocycles. The number of ether oxygens (including phenoxy) is 1. The molecular formula is C12H13N5O2. The van der Waals surface area contributed by atoms with Crippen LogP contribution in [-0.4, -0.2) is 33.7 Å². The molecule has 0 fully saturated rings. The number of carbonyl (C=O) groups is 1. The van der Waals surface area contributed by atoms with Gasteiger partial charge in [0.2, 0.25) is 0 Å². The zero-order valence-corrected chi connectivity index (χ0v) is 10.1. The highest BCUT2D eigenvalue weighted by Gasteiger charge is 2.25. The summed E-state index contributed by atoms with van der Waals surface area (Å²) in [5, 5.41) is 12.3. The number of rotatable bonds is 3. The molecule has 0 aliphatic carbocycles. The topological polar surface area (TPSA) is 91.9 Å². The van der Waals surface area contributed by atoms with Gasteiger partial charge in [0.1, 0.15) is 17.9 Å². The van der Waals surface area contributed by atoms with Crippen molar-refractivity contribution >= 4 is 11.6 Å². The lowest BCUT2D eigenvalue weighted by Gasteiger charge is -2.26. The molecule has 0 saturated heterocycles. The van der Waals surface area contributed by atoms with Crippen LogP contribution >= 0.6 is 0 Å². The fraction of sp³-hybridized carbons (Fsp3) is 0.250. The van der Waals surface area contributed by atoms with E-state index in [1.807, 2.05) is 24.3 Å². The Morgan fingerprint density at radius 1 is 1.47 bits per heavy atom. The molecule has 3 N–H and O–H groups in total. The highest BCUT2D eigenvalue weighted by Crippen LogP contribution is 2.28. The molecule has 0 bridgehead atoms. The first-order valence-corrected chi connectivity index (χ1v) is 5.94. The van der Waals surface area contributed by atoms with Gasteiger partial charge in [0.15, 0.2) is 6.10 Å². The Morgan fingerprint density at radius 3 is 3.21 bits per heavy atom. The zero-order chi connectivity index (χ0) is 13.1. The van der Waals surface area contributed by atoms with Crippen LogP contribution in [0.5, 0.6) is 5.75 Å². The van der Waals surface area contributed by atoms with Crippen molar-refractivity contribution in [1.29, 1.82) is 0 Å². The molecule has 1 unspecified atom stereocenters. The maximum absolute atomic E-state index is 12.0. The van der Waals surface area contributed by atoms with Crippen LogP contribution < -0.4 is 15.4 Å². The van der Waals surface area contributed by atoms with Gasteiger partial charge in [0, 0.05) is 0 Å². The van der Waals surface area contributed by atoms with E-state index in [1.54, 1.807) is 0 Å². The molecule has 3 rings (SSSR count). The number of fused-ring (bicyclic) bond motifs is 1. The van der Waals surface area contributed by atoms with E-state index in [0.29, 0.717) is 24.7 Å². The van der Waals surface area contributed by atoms with Crippen molar-refractivity contribution in [2.24, 2.45) is 0 Å². The number of aromatic nitrogens is 3. The summed E-state index contributed by atoms with van der Waals surface area (Å²) in [5.74, 6) is 1.12. The second-order valence-electron chi connectivity index (χ2n) is 4.13. The summed E-state index contributed by atoms with van der Waals surface area (Å²) < 4.78 is 5.64. The van der Waals surface area contributed by atoms with Gasteiger partial charge in [0.05, 0.1) is 18.8 Å². The Balaban J connectivity index is 1.60. The number of hydrogen-bond donors (Lipinski definition) is 3. The van der Waals surface area contributed by atoms with Crippen molar-refractivity contribution in [3.8, 4) is 5.75 Å². The van der Waals surface area contributed by atoms with E-state index in [0.717, 1.165) is 5.69 Å². The van der Waals surface area contributed by atoms with Gasteiger partial charge in [-0.15, -0.1) is 0 Å². The normalized spacial score (nSPS) is 16.9. The summed E-state index contributed by atoms with van der Waals surface area (Å²) in [5.41, 5.74) is 0.904. The molecular weight excluding hydrogens is 246 g/mol. The molecule has 0 saturated carbocycles. The summed E-state index contributed by atoms with van der Waals surface area (Å²) in [7, 11) is 0. The largest absolute Gasteiger partial charge is 0.477 e.